The molecule has 0 spiro atoms. The van der Waals surface area contributed by atoms with E-state index in [2.05, 4.69) is 19.0 Å². The predicted molar refractivity (Wildman–Crippen MR) is 60.5 cm³/mol. The van der Waals surface area contributed by atoms with Gasteiger partial charge in [-0.25, -0.2) is 0 Å². The molecule has 3 nitrogen and oxygen atoms in total. The van der Waals surface area contributed by atoms with Crippen molar-refractivity contribution in [1.29, 1.82) is 0 Å². The predicted octanol–water partition coefficient (Wildman–Crippen LogP) is 3.19. The third-order valence-electron chi connectivity index (χ3n) is 3.71. The summed E-state index contributed by atoms with van der Waals surface area (Å²) >= 11 is 0. The van der Waals surface area contributed by atoms with Crippen LogP contribution in [-0.4, -0.2) is 5.16 Å². The van der Waals surface area contributed by atoms with Crippen molar-refractivity contribution in [3.8, 4) is 0 Å². The van der Waals surface area contributed by atoms with Crippen molar-refractivity contribution in [3.05, 3.63) is 12.0 Å². The molecular formula is C12H20N2O. The fourth-order valence-corrected chi connectivity index (χ4v) is 2.61. The second-order valence-corrected chi connectivity index (χ2v) is 5.00. The zero-order chi connectivity index (χ0) is 10.8. The fraction of sp³-hybridized carbons (Fsp3) is 0.750. The lowest BCUT2D eigenvalue weighted by Crippen LogP contribution is -2.17. The van der Waals surface area contributed by atoms with Crippen molar-refractivity contribution >= 4 is 5.69 Å². The van der Waals surface area contributed by atoms with Crippen molar-refractivity contribution in [2.75, 3.05) is 5.73 Å². The molecule has 1 aliphatic carbocycles. The van der Waals surface area contributed by atoms with Crippen molar-refractivity contribution < 1.29 is 4.52 Å². The summed E-state index contributed by atoms with van der Waals surface area (Å²) in [4.78, 5) is 0. The number of anilines is 1. The highest BCUT2D eigenvalue weighted by Crippen LogP contribution is 2.40. The van der Waals surface area contributed by atoms with E-state index in [-0.39, 0.29) is 0 Å². The number of nitrogens with two attached hydrogens (primary N) is 1. The number of hydrogen-bond donors (Lipinski definition) is 1. The summed E-state index contributed by atoms with van der Waals surface area (Å²) in [5.41, 5.74) is 6.53. The Bertz CT molecular complexity index is 311. The van der Waals surface area contributed by atoms with Crippen molar-refractivity contribution in [2.24, 2.45) is 11.8 Å². The van der Waals surface area contributed by atoms with E-state index in [1.54, 1.807) is 6.20 Å². The molecule has 1 aliphatic rings. The highest BCUT2D eigenvalue weighted by molar-refractivity contribution is 5.40. The molecule has 15 heavy (non-hydrogen) atoms. The Kier molecular flexibility index (Phi) is 2.98. The van der Waals surface area contributed by atoms with Gasteiger partial charge in [0, 0.05) is 5.92 Å². The molecule has 0 aliphatic heterocycles. The van der Waals surface area contributed by atoms with Crippen molar-refractivity contribution in [3.63, 3.8) is 0 Å². The molecule has 0 atom stereocenters. The molecule has 2 rings (SSSR count). The van der Waals surface area contributed by atoms with E-state index in [0.717, 1.165) is 23.3 Å². The number of hydrogen-bond acceptors (Lipinski definition) is 3. The Balaban J connectivity index is 1.97. The molecule has 0 amide bonds. The van der Waals surface area contributed by atoms with Crippen molar-refractivity contribution in [1.82, 2.24) is 5.16 Å². The van der Waals surface area contributed by atoms with Crippen LogP contribution in [0.5, 0.6) is 0 Å². The lowest BCUT2D eigenvalue weighted by Gasteiger charge is -2.29. The molecule has 0 aromatic carbocycles. The van der Waals surface area contributed by atoms with Crippen molar-refractivity contribution in [2.45, 2.75) is 45.4 Å². The van der Waals surface area contributed by atoms with E-state index >= 15 is 0 Å². The van der Waals surface area contributed by atoms with Crippen LogP contribution in [0.25, 0.3) is 0 Å². The molecule has 0 saturated heterocycles. The second kappa shape index (κ2) is 4.25. The van der Waals surface area contributed by atoms with Crippen LogP contribution in [0.4, 0.5) is 5.69 Å². The molecule has 2 N–H and O–H groups in total. The monoisotopic (exact) mass is 208 g/mol. The van der Waals surface area contributed by atoms with Crippen LogP contribution in [0.1, 0.15) is 51.2 Å². The summed E-state index contributed by atoms with van der Waals surface area (Å²) in [6.45, 7) is 4.63. The topological polar surface area (TPSA) is 52.0 Å². The molecule has 1 saturated carbocycles. The lowest BCUT2D eigenvalue weighted by atomic mass is 9.76. The zero-order valence-corrected chi connectivity index (χ0v) is 9.57. The summed E-state index contributed by atoms with van der Waals surface area (Å²) in [6.07, 6.45) is 6.60. The maximum atomic E-state index is 5.81. The van der Waals surface area contributed by atoms with E-state index in [9.17, 15) is 0 Å². The highest BCUT2D eigenvalue weighted by Gasteiger charge is 2.27. The summed E-state index contributed by atoms with van der Waals surface area (Å²) in [5, 5.41) is 3.75. The molecule has 0 bridgehead atoms. The van der Waals surface area contributed by atoms with E-state index in [4.69, 9.17) is 10.3 Å². The number of nitrogen functional groups attached to an aromatic ring is 1. The van der Waals surface area contributed by atoms with Crippen LogP contribution in [0.15, 0.2) is 10.7 Å². The Morgan fingerprint density at radius 2 is 2.00 bits per heavy atom. The fourth-order valence-electron chi connectivity index (χ4n) is 2.61. The Labute approximate surface area is 91.0 Å². The largest absolute Gasteiger partial charge is 0.395 e. The van der Waals surface area contributed by atoms with E-state index < -0.39 is 0 Å². The SMILES string of the molecule is CC(C)C1CCC(c2oncc2N)CC1. The van der Waals surface area contributed by atoms with E-state index in [1.807, 2.05) is 0 Å². The van der Waals surface area contributed by atoms with E-state index in [0.29, 0.717) is 5.92 Å². The smallest absolute Gasteiger partial charge is 0.162 e. The zero-order valence-electron chi connectivity index (χ0n) is 9.57. The van der Waals surface area contributed by atoms with Gasteiger partial charge < -0.3 is 10.3 Å². The normalized spacial score (nSPS) is 27.1. The van der Waals surface area contributed by atoms with Gasteiger partial charge in [0.15, 0.2) is 5.76 Å². The first kappa shape index (κ1) is 10.5. The minimum atomic E-state index is 0.502. The van der Waals surface area contributed by atoms with Gasteiger partial charge in [-0.05, 0) is 37.5 Å². The minimum Gasteiger partial charge on any atom is -0.395 e. The average molecular weight is 208 g/mol. The summed E-state index contributed by atoms with van der Waals surface area (Å²) in [5.74, 6) is 3.10. The molecule has 0 radical (unpaired) electrons. The first-order valence-electron chi connectivity index (χ1n) is 5.88. The second-order valence-electron chi connectivity index (χ2n) is 5.00. The maximum absolute atomic E-state index is 5.81. The van der Waals surface area contributed by atoms with Gasteiger partial charge in [0.25, 0.3) is 0 Å². The molecule has 84 valence electrons. The molecule has 1 heterocycles. The Morgan fingerprint density at radius 3 is 2.47 bits per heavy atom. The van der Waals surface area contributed by atoms with E-state index in [1.165, 1.54) is 25.7 Å². The molecule has 3 heteroatoms. The van der Waals surface area contributed by atoms with Gasteiger partial charge >= 0.3 is 0 Å². The molecule has 1 aromatic rings. The van der Waals surface area contributed by atoms with Gasteiger partial charge in [-0.15, -0.1) is 0 Å². The van der Waals surface area contributed by atoms with Gasteiger partial charge in [0.2, 0.25) is 0 Å². The summed E-state index contributed by atoms with van der Waals surface area (Å²) in [7, 11) is 0. The minimum absolute atomic E-state index is 0.502. The first-order valence-corrected chi connectivity index (χ1v) is 5.88. The van der Waals surface area contributed by atoms with Gasteiger partial charge in [-0.1, -0.05) is 19.0 Å². The van der Waals surface area contributed by atoms with Crippen LogP contribution >= 0.6 is 0 Å². The highest BCUT2D eigenvalue weighted by atomic mass is 16.5. The quantitative estimate of drug-likeness (QED) is 0.812. The molecule has 1 fully saturated rings. The van der Waals surface area contributed by atoms with Crippen LogP contribution < -0.4 is 5.73 Å². The lowest BCUT2D eigenvalue weighted by molar-refractivity contribution is 0.235. The summed E-state index contributed by atoms with van der Waals surface area (Å²) in [6, 6.07) is 0. The molecule has 1 aromatic heterocycles. The van der Waals surface area contributed by atoms with Crippen LogP contribution in [-0.2, 0) is 0 Å². The van der Waals surface area contributed by atoms with Gasteiger partial charge in [0.05, 0.1) is 11.9 Å². The van der Waals surface area contributed by atoms with Gasteiger partial charge in [0.1, 0.15) is 0 Å². The maximum Gasteiger partial charge on any atom is 0.162 e. The van der Waals surface area contributed by atoms with Gasteiger partial charge in [-0.2, -0.15) is 0 Å². The van der Waals surface area contributed by atoms with Crippen LogP contribution in [0, 0.1) is 11.8 Å². The van der Waals surface area contributed by atoms with Crippen LogP contribution in [0.3, 0.4) is 0 Å². The van der Waals surface area contributed by atoms with Gasteiger partial charge in [-0.3, -0.25) is 0 Å². The Hall–Kier alpha value is -0.990. The summed E-state index contributed by atoms with van der Waals surface area (Å²) < 4.78 is 5.22. The first-order chi connectivity index (χ1) is 7.18. The number of nitrogens with zero attached hydrogens (tertiary/aromatic N) is 1. The standard InChI is InChI=1S/C12H20N2O/c1-8(2)9-3-5-10(6-4-9)12-11(13)7-14-15-12/h7-10H,3-6,13H2,1-2H3. The third kappa shape index (κ3) is 2.16. The number of aromatic nitrogens is 1. The molecular weight excluding hydrogens is 188 g/mol. The average Bonchev–Trinajstić information content (AvgIpc) is 2.65. The molecule has 0 unspecified atom stereocenters. The Morgan fingerprint density at radius 1 is 1.33 bits per heavy atom. The van der Waals surface area contributed by atoms with Crippen LogP contribution in [0.2, 0.25) is 0 Å². The third-order valence-corrected chi connectivity index (χ3v) is 3.71. The number of rotatable bonds is 2.